The second kappa shape index (κ2) is 8.47. The highest BCUT2D eigenvalue weighted by molar-refractivity contribution is 8.04. The van der Waals surface area contributed by atoms with Crippen LogP contribution in [0.15, 0.2) is 57.6 Å². The van der Waals surface area contributed by atoms with E-state index >= 15 is 0 Å². The number of carbonyl (C=O) groups is 1. The number of hydrogen-bond donors (Lipinski definition) is 1. The van der Waals surface area contributed by atoms with Crippen molar-refractivity contribution in [1.82, 2.24) is 24.2 Å². The summed E-state index contributed by atoms with van der Waals surface area (Å²) in [4.78, 5) is 31.3. The summed E-state index contributed by atoms with van der Waals surface area (Å²) in [5.74, 6) is -0.593. The zero-order chi connectivity index (χ0) is 23.0. The molecule has 1 unspecified atom stereocenters. The number of nitrogens with two attached hydrogens (primary N) is 1. The second-order valence-electron chi connectivity index (χ2n) is 6.95. The van der Waals surface area contributed by atoms with Gasteiger partial charge in [0.25, 0.3) is 5.91 Å². The Balaban J connectivity index is 1.60. The van der Waals surface area contributed by atoms with Crippen molar-refractivity contribution in [3.8, 4) is 0 Å². The summed E-state index contributed by atoms with van der Waals surface area (Å²) in [5, 5.41) is 6.74. The van der Waals surface area contributed by atoms with Gasteiger partial charge in [-0.2, -0.15) is 18.3 Å². The quantitative estimate of drug-likeness (QED) is 0.580. The van der Waals surface area contributed by atoms with Crippen LogP contribution < -0.4 is 11.4 Å². The lowest BCUT2D eigenvalue weighted by Crippen LogP contribution is -2.33. The van der Waals surface area contributed by atoms with Gasteiger partial charge in [0.05, 0.1) is 23.6 Å². The van der Waals surface area contributed by atoms with Crippen molar-refractivity contribution in [1.29, 1.82) is 0 Å². The van der Waals surface area contributed by atoms with Crippen LogP contribution in [0.3, 0.4) is 0 Å². The van der Waals surface area contributed by atoms with Gasteiger partial charge in [-0.25, -0.2) is 14.5 Å². The molecule has 13 heteroatoms. The van der Waals surface area contributed by atoms with E-state index in [1.165, 1.54) is 34.4 Å². The van der Waals surface area contributed by atoms with Crippen molar-refractivity contribution in [3.63, 3.8) is 0 Å². The summed E-state index contributed by atoms with van der Waals surface area (Å²) < 4.78 is 40.8. The van der Waals surface area contributed by atoms with Crippen LogP contribution in [-0.4, -0.2) is 30.1 Å². The molecule has 0 fully saturated rings. The first-order valence-corrected chi connectivity index (χ1v) is 11.0. The van der Waals surface area contributed by atoms with Gasteiger partial charge >= 0.3 is 11.9 Å². The number of carbonyl (C=O) groups excluding carboxylic acids is 1. The summed E-state index contributed by atoms with van der Waals surface area (Å²) in [6.07, 6.45) is -1.42. The average Bonchev–Trinajstić information content (AvgIpc) is 3.44. The lowest BCUT2D eigenvalue weighted by Gasteiger charge is -2.26. The summed E-state index contributed by atoms with van der Waals surface area (Å²) in [6.45, 7) is 2.12. The molecule has 2 N–H and O–H groups in total. The number of alkyl halides is 3. The molecule has 1 amide bonds. The third-order valence-corrected chi connectivity index (χ3v) is 7.06. The van der Waals surface area contributed by atoms with Crippen LogP contribution in [0.2, 0.25) is 0 Å². The van der Waals surface area contributed by atoms with Crippen molar-refractivity contribution >= 4 is 29.0 Å². The van der Waals surface area contributed by atoms with Gasteiger partial charge in [-0.15, -0.1) is 11.3 Å². The van der Waals surface area contributed by atoms with Crippen LogP contribution in [-0.2, 0) is 24.1 Å². The number of amides is 1. The fraction of sp³-hybridized carbons (Fsp3) is 0.263. The zero-order valence-corrected chi connectivity index (χ0v) is 18.2. The van der Waals surface area contributed by atoms with Gasteiger partial charge in [-0.05, 0) is 24.6 Å². The molecule has 1 aromatic carbocycles. The van der Waals surface area contributed by atoms with Crippen LogP contribution in [0.25, 0.3) is 0 Å². The molecule has 3 heterocycles. The second-order valence-corrected chi connectivity index (χ2v) is 8.99. The largest absolute Gasteiger partial charge is 0.416 e. The van der Waals surface area contributed by atoms with Gasteiger partial charge in [0.1, 0.15) is 11.3 Å². The predicted molar refractivity (Wildman–Crippen MR) is 113 cm³/mol. The molecular weight excluding hydrogens is 465 g/mol. The minimum Gasteiger partial charge on any atom is -0.365 e. The van der Waals surface area contributed by atoms with Crippen LogP contribution in [0.5, 0.6) is 0 Å². The molecule has 0 spiro atoms. The number of allylic oxidation sites excluding steroid dienone is 1. The first-order valence-electron chi connectivity index (χ1n) is 9.27. The van der Waals surface area contributed by atoms with E-state index in [4.69, 9.17) is 5.73 Å². The Morgan fingerprint density at radius 1 is 1.22 bits per heavy atom. The maximum atomic E-state index is 13.0. The van der Waals surface area contributed by atoms with E-state index in [0.717, 1.165) is 33.6 Å². The molecule has 0 saturated carbocycles. The summed E-state index contributed by atoms with van der Waals surface area (Å²) in [5.41, 5.74) is 4.80. The first kappa shape index (κ1) is 22.1. The number of hydrogen-bond acceptors (Lipinski definition) is 7. The maximum Gasteiger partial charge on any atom is 0.416 e. The number of nitrogens with zero attached hydrogens (tertiary/aromatic N) is 5. The van der Waals surface area contributed by atoms with Gasteiger partial charge < -0.3 is 10.6 Å². The number of primary amides is 1. The summed E-state index contributed by atoms with van der Waals surface area (Å²) in [7, 11) is 0. The SMILES string of the molecule is CC1=C(C(N)=O)SC(n2cnn(Cc3ccc(C(F)(F)F)cc3)c2=O)N1Cc1nccs1. The molecule has 1 aliphatic rings. The van der Waals surface area contributed by atoms with Gasteiger partial charge in [0, 0.05) is 17.3 Å². The van der Waals surface area contributed by atoms with Gasteiger partial charge in [0.15, 0.2) is 5.50 Å². The van der Waals surface area contributed by atoms with Crippen LogP contribution in [0.4, 0.5) is 13.2 Å². The summed E-state index contributed by atoms with van der Waals surface area (Å²) in [6, 6.07) is 4.55. The number of rotatable bonds is 6. The Morgan fingerprint density at radius 3 is 2.53 bits per heavy atom. The number of halogens is 3. The normalized spacial score (nSPS) is 16.8. The average molecular weight is 483 g/mol. The predicted octanol–water partition coefficient (Wildman–Crippen LogP) is 2.99. The smallest absolute Gasteiger partial charge is 0.365 e. The Kier molecular flexibility index (Phi) is 5.86. The molecule has 0 saturated heterocycles. The molecule has 3 aromatic rings. The lowest BCUT2D eigenvalue weighted by molar-refractivity contribution is -0.137. The van der Waals surface area contributed by atoms with Gasteiger partial charge in [-0.1, -0.05) is 23.9 Å². The van der Waals surface area contributed by atoms with E-state index in [-0.39, 0.29) is 6.54 Å². The van der Waals surface area contributed by atoms with Gasteiger partial charge in [-0.3, -0.25) is 9.36 Å². The Labute approximate surface area is 188 Å². The van der Waals surface area contributed by atoms with Crippen molar-refractivity contribution in [2.75, 3.05) is 0 Å². The standard InChI is InChI=1S/C19H17F3N6O2S2/c1-11-15(16(23)29)32-18(26(11)9-14-24-6-7-31-14)27-10-25-28(17(27)30)8-12-2-4-13(5-3-12)19(20,21)22/h2-7,10,18H,8-9H2,1H3,(H2,23,29). The topological polar surface area (TPSA) is 99.0 Å². The van der Waals surface area contributed by atoms with Crippen LogP contribution in [0.1, 0.15) is 28.6 Å². The molecular formula is C19H17F3N6O2S2. The number of benzene rings is 1. The Hall–Kier alpha value is -3.06. The van der Waals surface area contributed by atoms with E-state index < -0.39 is 28.8 Å². The highest BCUT2D eigenvalue weighted by atomic mass is 32.2. The molecule has 168 valence electrons. The fourth-order valence-electron chi connectivity index (χ4n) is 3.25. The third kappa shape index (κ3) is 4.30. The molecule has 0 bridgehead atoms. The molecule has 0 radical (unpaired) electrons. The summed E-state index contributed by atoms with van der Waals surface area (Å²) >= 11 is 2.58. The Bertz CT molecular complexity index is 1220. The van der Waals surface area contributed by atoms with Crippen molar-refractivity contribution in [2.45, 2.75) is 31.7 Å². The van der Waals surface area contributed by atoms with E-state index in [9.17, 15) is 22.8 Å². The van der Waals surface area contributed by atoms with Crippen molar-refractivity contribution < 1.29 is 18.0 Å². The molecule has 1 atom stereocenters. The highest BCUT2D eigenvalue weighted by Gasteiger charge is 2.36. The van der Waals surface area contributed by atoms with E-state index in [0.29, 0.717) is 22.7 Å². The number of thiazole rings is 1. The molecule has 32 heavy (non-hydrogen) atoms. The minimum absolute atomic E-state index is 0.00290. The molecule has 2 aromatic heterocycles. The lowest BCUT2D eigenvalue weighted by atomic mass is 10.1. The van der Waals surface area contributed by atoms with Crippen molar-refractivity contribution in [3.05, 3.63) is 79.4 Å². The van der Waals surface area contributed by atoms with E-state index in [1.807, 2.05) is 10.3 Å². The zero-order valence-electron chi connectivity index (χ0n) is 16.6. The van der Waals surface area contributed by atoms with E-state index in [1.54, 1.807) is 13.1 Å². The molecule has 8 nitrogen and oxygen atoms in total. The van der Waals surface area contributed by atoms with Crippen LogP contribution >= 0.6 is 23.1 Å². The molecule has 1 aliphatic heterocycles. The maximum absolute atomic E-state index is 13.0. The minimum atomic E-state index is -4.43. The Morgan fingerprint density at radius 2 is 1.94 bits per heavy atom. The molecule has 0 aliphatic carbocycles. The monoisotopic (exact) mass is 482 g/mol. The number of thioether (sulfide) groups is 1. The van der Waals surface area contributed by atoms with Gasteiger partial charge in [0.2, 0.25) is 0 Å². The van der Waals surface area contributed by atoms with E-state index in [2.05, 4.69) is 10.1 Å². The fourth-order valence-corrected chi connectivity index (χ4v) is 5.10. The first-order chi connectivity index (χ1) is 15.1. The number of aromatic nitrogens is 4. The van der Waals surface area contributed by atoms with Crippen molar-refractivity contribution in [2.24, 2.45) is 5.73 Å². The van der Waals surface area contributed by atoms with Crippen LogP contribution in [0, 0.1) is 0 Å². The third-order valence-electron chi connectivity index (χ3n) is 4.87. The molecule has 4 rings (SSSR count). The highest BCUT2D eigenvalue weighted by Crippen LogP contribution is 2.44.